The molecule has 156 valence electrons. The number of halogens is 3. The number of rotatable bonds is 2. The van der Waals surface area contributed by atoms with Crippen molar-refractivity contribution in [3.8, 4) is 11.3 Å². The third-order valence-corrected chi connectivity index (χ3v) is 5.62. The van der Waals surface area contributed by atoms with E-state index in [2.05, 4.69) is 10.1 Å². The number of benzene rings is 2. The Morgan fingerprint density at radius 3 is 2.58 bits per heavy atom. The summed E-state index contributed by atoms with van der Waals surface area (Å²) in [5, 5.41) is 6.17. The number of amides is 1. The summed E-state index contributed by atoms with van der Waals surface area (Å²) in [6.45, 7) is 0.653. The number of fused-ring (bicyclic) bond motifs is 2. The summed E-state index contributed by atoms with van der Waals surface area (Å²) in [6, 6.07) is 11.3. The topological polar surface area (TPSA) is 51.0 Å². The zero-order chi connectivity index (χ0) is 21.7. The minimum absolute atomic E-state index is 0.200. The molecule has 8 heteroatoms. The fourth-order valence-electron chi connectivity index (χ4n) is 4.19. The van der Waals surface area contributed by atoms with E-state index in [-0.39, 0.29) is 18.0 Å². The van der Waals surface area contributed by atoms with Crippen LogP contribution in [0.4, 0.5) is 13.2 Å². The molecule has 0 unspecified atom stereocenters. The van der Waals surface area contributed by atoms with Crippen LogP contribution < -0.4 is 0 Å². The van der Waals surface area contributed by atoms with Gasteiger partial charge in [0.1, 0.15) is 5.69 Å². The molecule has 0 aliphatic carbocycles. The van der Waals surface area contributed by atoms with Crippen LogP contribution in [0, 0.1) is 17.5 Å². The molecule has 0 spiro atoms. The van der Waals surface area contributed by atoms with E-state index in [0.29, 0.717) is 30.0 Å². The molecule has 0 atom stereocenters. The maximum absolute atomic E-state index is 13.8. The lowest BCUT2D eigenvalue weighted by atomic mass is 9.99. The van der Waals surface area contributed by atoms with Crippen LogP contribution in [0.5, 0.6) is 0 Å². The number of carbonyl (C=O) groups excluding carboxylic acids is 1. The van der Waals surface area contributed by atoms with Crippen LogP contribution >= 0.6 is 0 Å². The highest BCUT2D eigenvalue weighted by molar-refractivity contribution is 6.05. The van der Waals surface area contributed by atoms with Crippen LogP contribution in [0.1, 0.15) is 21.7 Å². The molecule has 0 N–H and O–H groups in total. The third kappa shape index (κ3) is 3.15. The summed E-state index contributed by atoms with van der Waals surface area (Å²) in [5.41, 5.74) is 2.54. The second-order valence-corrected chi connectivity index (χ2v) is 7.51. The van der Waals surface area contributed by atoms with Crippen molar-refractivity contribution < 1.29 is 18.0 Å². The average Bonchev–Trinajstić information content (AvgIpc) is 3.11. The van der Waals surface area contributed by atoms with E-state index in [0.717, 1.165) is 28.5 Å². The Bertz CT molecular complexity index is 1320. The summed E-state index contributed by atoms with van der Waals surface area (Å²) < 4.78 is 42.4. The lowest BCUT2D eigenvalue weighted by Crippen LogP contribution is -2.36. The normalized spacial score (nSPS) is 13.5. The van der Waals surface area contributed by atoms with Crippen molar-refractivity contribution in [2.24, 2.45) is 7.05 Å². The second kappa shape index (κ2) is 7.23. The predicted octanol–water partition coefficient (Wildman–Crippen LogP) is 4.25. The molecule has 0 saturated heterocycles. The highest BCUT2D eigenvalue weighted by Gasteiger charge is 2.29. The van der Waals surface area contributed by atoms with Gasteiger partial charge in [0.05, 0.1) is 17.9 Å². The Hall–Kier alpha value is -3.68. The number of aryl methyl sites for hydroxylation is 1. The van der Waals surface area contributed by atoms with Crippen molar-refractivity contribution in [2.75, 3.05) is 6.54 Å². The first-order valence-corrected chi connectivity index (χ1v) is 9.76. The summed E-state index contributed by atoms with van der Waals surface area (Å²) in [7, 11) is 1.66. The molecule has 3 heterocycles. The Morgan fingerprint density at radius 2 is 1.81 bits per heavy atom. The molecule has 1 aliphatic heterocycles. The van der Waals surface area contributed by atoms with Gasteiger partial charge in [0, 0.05) is 36.3 Å². The van der Waals surface area contributed by atoms with Gasteiger partial charge in [-0.1, -0.05) is 24.3 Å². The summed E-state index contributed by atoms with van der Waals surface area (Å²) in [4.78, 5) is 19.2. The van der Waals surface area contributed by atoms with Gasteiger partial charge in [-0.3, -0.25) is 14.5 Å². The number of hydrogen-bond acceptors (Lipinski definition) is 3. The fraction of sp³-hybridized carbons (Fsp3) is 0.174. The molecule has 1 aliphatic rings. The van der Waals surface area contributed by atoms with Crippen molar-refractivity contribution >= 4 is 16.7 Å². The number of pyridine rings is 1. The molecule has 5 nitrogen and oxygen atoms in total. The van der Waals surface area contributed by atoms with Crippen LogP contribution in [0.15, 0.2) is 48.7 Å². The molecule has 5 rings (SSSR count). The van der Waals surface area contributed by atoms with Gasteiger partial charge < -0.3 is 4.90 Å². The number of aromatic nitrogens is 3. The Labute approximate surface area is 175 Å². The zero-order valence-corrected chi connectivity index (χ0v) is 16.6. The van der Waals surface area contributed by atoms with E-state index in [9.17, 15) is 18.0 Å². The smallest absolute Gasteiger partial charge is 0.273 e. The van der Waals surface area contributed by atoms with Crippen LogP contribution in [0.2, 0.25) is 0 Å². The van der Waals surface area contributed by atoms with Gasteiger partial charge in [-0.15, -0.1) is 0 Å². The van der Waals surface area contributed by atoms with Crippen LogP contribution in [-0.2, 0) is 20.0 Å². The molecule has 4 aromatic rings. The van der Waals surface area contributed by atoms with Crippen LogP contribution in [0.25, 0.3) is 22.0 Å². The van der Waals surface area contributed by atoms with Crippen LogP contribution in [-0.4, -0.2) is 32.1 Å². The van der Waals surface area contributed by atoms with E-state index < -0.39 is 17.5 Å². The molecule has 0 fully saturated rings. The highest BCUT2D eigenvalue weighted by atomic mass is 19.2. The first-order valence-electron chi connectivity index (χ1n) is 9.76. The minimum atomic E-state index is -1.50. The predicted molar refractivity (Wildman–Crippen MR) is 109 cm³/mol. The van der Waals surface area contributed by atoms with Gasteiger partial charge in [-0.05, 0) is 30.0 Å². The van der Waals surface area contributed by atoms with Crippen molar-refractivity contribution in [3.63, 3.8) is 0 Å². The number of carbonyl (C=O) groups is 1. The largest absolute Gasteiger partial charge is 0.331 e. The number of hydrogen-bond donors (Lipinski definition) is 0. The third-order valence-electron chi connectivity index (χ3n) is 5.62. The molecule has 31 heavy (non-hydrogen) atoms. The van der Waals surface area contributed by atoms with Crippen molar-refractivity contribution in [1.82, 2.24) is 19.7 Å². The van der Waals surface area contributed by atoms with E-state index in [1.807, 2.05) is 30.3 Å². The fourth-order valence-corrected chi connectivity index (χ4v) is 4.19. The minimum Gasteiger partial charge on any atom is -0.331 e. The Kier molecular flexibility index (Phi) is 4.50. The molecular weight excluding hydrogens is 405 g/mol. The molecule has 0 bridgehead atoms. The lowest BCUT2D eigenvalue weighted by molar-refractivity contribution is 0.0728. The molecular formula is C23H17F3N4O. The van der Waals surface area contributed by atoms with Gasteiger partial charge in [-0.25, -0.2) is 13.2 Å². The van der Waals surface area contributed by atoms with E-state index in [4.69, 9.17) is 0 Å². The monoisotopic (exact) mass is 422 g/mol. The SMILES string of the molecule is Cn1nc2c(c1-c1cc(F)c(F)c(F)c1)CCN(C(=O)c1nccc3ccccc13)C2. The first kappa shape index (κ1) is 19.3. The molecule has 2 aromatic carbocycles. The van der Waals surface area contributed by atoms with E-state index in [1.165, 1.54) is 4.68 Å². The highest BCUT2D eigenvalue weighted by Crippen LogP contribution is 2.32. The maximum Gasteiger partial charge on any atom is 0.273 e. The van der Waals surface area contributed by atoms with Gasteiger partial charge in [0.2, 0.25) is 0 Å². The lowest BCUT2D eigenvalue weighted by Gasteiger charge is -2.26. The summed E-state index contributed by atoms with van der Waals surface area (Å²) in [5.74, 6) is -4.20. The summed E-state index contributed by atoms with van der Waals surface area (Å²) in [6.07, 6.45) is 2.07. The number of nitrogens with zero attached hydrogens (tertiary/aromatic N) is 4. The van der Waals surface area contributed by atoms with Crippen molar-refractivity contribution in [2.45, 2.75) is 13.0 Å². The second-order valence-electron chi connectivity index (χ2n) is 7.51. The van der Waals surface area contributed by atoms with Crippen molar-refractivity contribution in [3.05, 3.63) is 83.1 Å². The maximum atomic E-state index is 13.8. The van der Waals surface area contributed by atoms with E-state index in [1.54, 1.807) is 18.1 Å². The molecule has 0 radical (unpaired) electrons. The van der Waals surface area contributed by atoms with Gasteiger partial charge >= 0.3 is 0 Å². The van der Waals surface area contributed by atoms with Gasteiger partial charge in [-0.2, -0.15) is 5.10 Å². The first-order chi connectivity index (χ1) is 14.9. The molecule has 0 saturated carbocycles. The molecule has 2 aromatic heterocycles. The van der Waals surface area contributed by atoms with Crippen LogP contribution in [0.3, 0.4) is 0 Å². The van der Waals surface area contributed by atoms with Gasteiger partial charge in [0.15, 0.2) is 17.5 Å². The van der Waals surface area contributed by atoms with Gasteiger partial charge in [0.25, 0.3) is 5.91 Å². The van der Waals surface area contributed by atoms with E-state index >= 15 is 0 Å². The molecule has 1 amide bonds. The zero-order valence-electron chi connectivity index (χ0n) is 16.6. The van der Waals surface area contributed by atoms with Crippen molar-refractivity contribution in [1.29, 1.82) is 0 Å². The average molecular weight is 422 g/mol. The Morgan fingerprint density at radius 1 is 1.06 bits per heavy atom. The summed E-state index contributed by atoms with van der Waals surface area (Å²) >= 11 is 0. The Balaban J connectivity index is 1.50. The quantitative estimate of drug-likeness (QED) is 0.454. The standard InChI is InChI=1S/C23H17F3N4O/c1-29-22(14-10-17(24)20(26)18(25)11-14)16-7-9-30(12-19(16)28-29)23(31)21-15-5-3-2-4-13(15)6-8-27-21/h2-6,8,10-11H,7,9,12H2,1H3.